The lowest BCUT2D eigenvalue weighted by atomic mass is 9.89. The number of nitrogens with zero attached hydrogens (tertiary/aromatic N) is 2. The number of carbonyl (C=O) groups is 1. The molecule has 1 atom stereocenters. The molecule has 254 valence electrons. The first-order chi connectivity index (χ1) is 24.2. The average Bonchev–Trinajstić information content (AvgIpc) is 3.60. The highest BCUT2D eigenvalue weighted by Crippen LogP contribution is 2.37. The van der Waals surface area contributed by atoms with Crippen LogP contribution in [0.1, 0.15) is 50.9 Å². The van der Waals surface area contributed by atoms with Gasteiger partial charge < -0.3 is 19.7 Å². The molecule has 1 unspecified atom stereocenters. The number of nitrogens with one attached hydrogen (secondary N) is 1. The average molecular weight is 688 g/mol. The third kappa shape index (κ3) is 7.66. The van der Waals surface area contributed by atoms with E-state index in [-0.39, 0.29) is 19.8 Å². The molecule has 50 heavy (non-hydrogen) atoms. The minimum absolute atomic E-state index is 0.0639. The predicted octanol–water partition coefficient (Wildman–Crippen LogP) is 7.74. The molecule has 3 N–H and O–H groups in total. The zero-order valence-electron chi connectivity index (χ0n) is 28.0. The van der Waals surface area contributed by atoms with Gasteiger partial charge in [-0.05, 0) is 95.3 Å². The van der Waals surface area contributed by atoms with Crippen molar-refractivity contribution >= 4 is 17.6 Å². The number of aliphatic hydroxyl groups is 1. The lowest BCUT2D eigenvalue weighted by Crippen LogP contribution is -2.39. The summed E-state index contributed by atoms with van der Waals surface area (Å²) < 4.78 is 12.5. The first-order valence-electron chi connectivity index (χ1n) is 16.6. The Labute approximate surface area is 296 Å². The molecule has 0 radical (unpaired) electrons. The van der Waals surface area contributed by atoms with Crippen LogP contribution < -0.4 is 14.8 Å². The van der Waals surface area contributed by atoms with E-state index < -0.39 is 18.6 Å². The summed E-state index contributed by atoms with van der Waals surface area (Å²) in [7, 11) is 0. The summed E-state index contributed by atoms with van der Waals surface area (Å²) >= 11 is 6.71. The Balaban J connectivity index is 1.25. The third-order valence-corrected chi connectivity index (χ3v) is 9.61. The Morgan fingerprint density at radius 2 is 1.64 bits per heavy atom. The number of nitriles is 1. The number of aromatic nitrogens is 1. The molecule has 5 aromatic rings. The number of aryl methyl sites for hydroxylation is 2. The minimum atomic E-state index is -1.18. The number of fused-ring (bicyclic) bond motifs is 1. The molecule has 1 aliphatic rings. The summed E-state index contributed by atoms with van der Waals surface area (Å²) in [5, 5.41) is 31.3. The molecule has 0 spiro atoms. The molecule has 0 amide bonds. The minimum Gasteiger partial charge on any atom is -0.488 e. The highest BCUT2D eigenvalue weighted by Gasteiger charge is 2.19. The molecule has 6 rings (SSSR count). The number of aliphatic hydroxyl groups excluding tert-OH is 1. The van der Waals surface area contributed by atoms with Gasteiger partial charge in [0.15, 0.2) is 0 Å². The van der Waals surface area contributed by atoms with Crippen LogP contribution in [0.4, 0.5) is 0 Å². The lowest BCUT2D eigenvalue weighted by molar-refractivity contribution is -0.140. The summed E-state index contributed by atoms with van der Waals surface area (Å²) in [6, 6.07) is 25.5. The molecule has 0 saturated heterocycles. The first-order valence-corrected chi connectivity index (χ1v) is 16.9. The number of hydrogen-bond donors (Lipinski definition) is 3. The van der Waals surface area contributed by atoms with Crippen LogP contribution in [0.25, 0.3) is 22.3 Å². The summed E-state index contributed by atoms with van der Waals surface area (Å²) in [5.41, 5.74) is 12.7. The van der Waals surface area contributed by atoms with Crippen molar-refractivity contribution in [2.24, 2.45) is 0 Å². The number of halogens is 1. The monoisotopic (exact) mass is 687 g/mol. The highest BCUT2D eigenvalue weighted by molar-refractivity contribution is 6.32. The Morgan fingerprint density at radius 1 is 0.900 bits per heavy atom. The molecule has 0 fully saturated rings. The number of benzene rings is 4. The Morgan fingerprint density at radius 3 is 2.42 bits per heavy atom. The first kappa shape index (κ1) is 34.7. The number of hydrogen-bond acceptors (Lipinski definition) is 7. The topological polar surface area (TPSA) is 125 Å². The molecule has 0 saturated carbocycles. The van der Waals surface area contributed by atoms with E-state index in [1.165, 1.54) is 46.0 Å². The number of rotatable bonds is 13. The fourth-order valence-electron chi connectivity index (χ4n) is 6.48. The van der Waals surface area contributed by atoms with E-state index in [0.717, 1.165) is 29.5 Å². The fraction of sp³-hybridized carbons (Fsp3) is 0.244. The van der Waals surface area contributed by atoms with Gasteiger partial charge in [0.25, 0.3) is 0 Å². The SMILES string of the molecule is Cc1c(COc2cc(OCc3cncc(C#N)c3)c(CNC(CO)C(=O)O)cc2Cl)cccc1-c1cccc(-c2ccc3c(c2)CCC3)c1C. The van der Waals surface area contributed by atoms with Crippen LogP contribution in [0, 0.1) is 25.2 Å². The molecular weight excluding hydrogens is 650 g/mol. The van der Waals surface area contributed by atoms with Crippen LogP contribution in [0.5, 0.6) is 11.5 Å². The van der Waals surface area contributed by atoms with Crippen molar-refractivity contribution in [1.82, 2.24) is 10.3 Å². The molecule has 9 heteroatoms. The zero-order valence-corrected chi connectivity index (χ0v) is 28.8. The number of carboxylic acid groups (broad SMARTS) is 1. The van der Waals surface area contributed by atoms with Crippen molar-refractivity contribution in [3.8, 4) is 39.8 Å². The largest absolute Gasteiger partial charge is 0.488 e. The molecule has 0 aliphatic heterocycles. The maximum atomic E-state index is 11.5. The third-order valence-electron chi connectivity index (χ3n) is 9.32. The van der Waals surface area contributed by atoms with Crippen molar-refractivity contribution in [3.63, 3.8) is 0 Å². The van der Waals surface area contributed by atoms with Crippen LogP contribution in [-0.4, -0.2) is 33.8 Å². The molecule has 4 aromatic carbocycles. The maximum Gasteiger partial charge on any atom is 0.323 e. The second-order valence-electron chi connectivity index (χ2n) is 12.5. The van der Waals surface area contributed by atoms with Gasteiger partial charge in [0.05, 0.1) is 17.2 Å². The molecular formula is C41H38ClN3O5. The van der Waals surface area contributed by atoms with Gasteiger partial charge in [-0.3, -0.25) is 15.1 Å². The number of aliphatic carboxylic acids is 1. The van der Waals surface area contributed by atoms with Gasteiger partial charge in [-0.1, -0.05) is 66.2 Å². The van der Waals surface area contributed by atoms with Gasteiger partial charge in [-0.2, -0.15) is 5.26 Å². The van der Waals surface area contributed by atoms with Gasteiger partial charge in [-0.15, -0.1) is 0 Å². The Bertz CT molecular complexity index is 2090. The summed E-state index contributed by atoms with van der Waals surface area (Å²) in [4.78, 5) is 15.6. The van der Waals surface area contributed by atoms with Crippen LogP contribution >= 0.6 is 11.6 Å². The van der Waals surface area contributed by atoms with Crippen molar-refractivity contribution in [2.75, 3.05) is 6.61 Å². The second-order valence-corrected chi connectivity index (χ2v) is 12.9. The fourth-order valence-corrected chi connectivity index (χ4v) is 6.72. The van der Waals surface area contributed by atoms with Gasteiger partial charge in [0.1, 0.15) is 36.8 Å². The Hall–Kier alpha value is -5.20. The van der Waals surface area contributed by atoms with Crippen LogP contribution in [0.2, 0.25) is 5.02 Å². The number of pyridine rings is 1. The molecule has 1 aromatic heterocycles. The number of ether oxygens (including phenoxy) is 2. The van der Waals surface area contributed by atoms with Crippen LogP contribution in [0.15, 0.2) is 85.2 Å². The summed E-state index contributed by atoms with van der Waals surface area (Å²) in [5.74, 6) is -0.375. The normalized spacial score (nSPS) is 12.6. The molecule has 1 heterocycles. The van der Waals surface area contributed by atoms with Crippen molar-refractivity contribution in [2.45, 2.75) is 58.9 Å². The van der Waals surface area contributed by atoms with Crippen LogP contribution in [-0.2, 0) is 37.4 Å². The standard InChI is InChI=1S/C41H38ClN3O5/c1-25-32(8-4-10-35(25)36-11-5-9-34(26(36)2)31-13-12-29-6-3-7-30(29)15-31)24-50-40-17-39(49-23-28-14-27(18-43)19-44-20-28)33(16-37(40)42)21-45-38(22-46)41(47)48/h4-5,8-17,19-20,38,45-46H,3,6-7,21-24H2,1-2H3,(H,47,48). The lowest BCUT2D eigenvalue weighted by Gasteiger charge is -2.19. The summed E-state index contributed by atoms with van der Waals surface area (Å²) in [6.07, 6.45) is 6.61. The maximum absolute atomic E-state index is 11.5. The second kappa shape index (κ2) is 15.6. The molecule has 8 nitrogen and oxygen atoms in total. The van der Waals surface area contributed by atoms with Crippen molar-refractivity contribution in [3.05, 3.63) is 135 Å². The molecule has 1 aliphatic carbocycles. The quantitative estimate of drug-likeness (QED) is 0.115. The molecule has 0 bridgehead atoms. The van der Waals surface area contributed by atoms with E-state index >= 15 is 0 Å². The Kier molecular flexibility index (Phi) is 10.8. The van der Waals surface area contributed by atoms with Crippen molar-refractivity contribution in [1.29, 1.82) is 5.26 Å². The van der Waals surface area contributed by atoms with E-state index in [0.29, 0.717) is 33.2 Å². The van der Waals surface area contributed by atoms with E-state index in [1.54, 1.807) is 24.4 Å². The predicted molar refractivity (Wildman–Crippen MR) is 193 cm³/mol. The smallest absolute Gasteiger partial charge is 0.323 e. The van der Waals surface area contributed by atoms with E-state index in [2.05, 4.69) is 72.7 Å². The summed E-state index contributed by atoms with van der Waals surface area (Å²) in [6.45, 7) is 4.12. The van der Waals surface area contributed by atoms with Gasteiger partial charge in [0.2, 0.25) is 0 Å². The highest BCUT2D eigenvalue weighted by atomic mass is 35.5. The van der Waals surface area contributed by atoms with Gasteiger partial charge in [0, 0.05) is 36.1 Å². The van der Waals surface area contributed by atoms with Crippen LogP contribution in [0.3, 0.4) is 0 Å². The van der Waals surface area contributed by atoms with Gasteiger partial charge >= 0.3 is 5.97 Å². The zero-order chi connectivity index (χ0) is 35.2. The van der Waals surface area contributed by atoms with E-state index in [4.69, 9.17) is 21.1 Å². The van der Waals surface area contributed by atoms with E-state index in [9.17, 15) is 20.3 Å². The van der Waals surface area contributed by atoms with Crippen molar-refractivity contribution < 1.29 is 24.5 Å². The van der Waals surface area contributed by atoms with Gasteiger partial charge in [-0.25, -0.2) is 0 Å². The van der Waals surface area contributed by atoms with E-state index in [1.807, 2.05) is 12.1 Å². The number of carboxylic acids is 1.